The van der Waals surface area contributed by atoms with Crippen molar-refractivity contribution in [1.29, 1.82) is 0 Å². The Morgan fingerprint density at radius 2 is 2.08 bits per heavy atom. The van der Waals surface area contributed by atoms with Crippen molar-refractivity contribution in [2.24, 2.45) is 5.73 Å². The van der Waals surface area contributed by atoms with Crippen molar-refractivity contribution < 1.29 is 13.9 Å². The number of aromatic amines is 1. The van der Waals surface area contributed by atoms with Gasteiger partial charge in [-0.15, -0.1) is 0 Å². The Kier molecular flexibility index (Phi) is 5.22. The quantitative estimate of drug-likeness (QED) is 0.479. The van der Waals surface area contributed by atoms with E-state index in [2.05, 4.69) is 9.97 Å². The average Bonchev–Trinajstić information content (AvgIpc) is 2.58. The minimum absolute atomic E-state index is 0.0863. The molecule has 0 saturated carbocycles. The second-order valence-electron chi connectivity index (χ2n) is 5.76. The molecule has 1 aromatic carbocycles. The molecule has 1 aromatic rings. The highest BCUT2D eigenvalue weighted by Gasteiger charge is 2.17. The number of carbonyl (C=O) groups is 1. The van der Waals surface area contributed by atoms with E-state index in [1.165, 1.54) is 0 Å². The first-order chi connectivity index (χ1) is 12.5. The van der Waals surface area contributed by atoms with Gasteiger partial charge in [-0.2, -0.15) is 4.98 Å². The van der Waals surface area contributed by atoms with Gasteiger partial charge >= 0.3 is 5.69 Å². The first kappa shape index (κ1) is 17.9. The summed E-state index contributed by atoms with van der Waals surface area (Å²) in [5.41, 5.74) is 4.17. The zero-order valence-corrected chi connectivity index (χ0v) is 14.5. The van der Waals surface area contributed by atoms with Crippen molar-refractivity contribution in [3.8, 4) is 17.2 Å². The third-order valence-electron chi connectivity index (χ3n) is 3.81. The van der Waals surface area contributed by atoms with Gasteiger partial charge in [0.15, 0.2) is 5.58 Å². The summed E-state index contributed by atoms with van der Waals surface area (Å²) < 4.78 is 11.2. The molecule has 0 fully saturated rings. The molecule has 2 aliphatic heterocycles. The molecule has 0 aromatic heterocycles. The van der Waals surface area contributed by atoms with Crippen LogP contribution >= 0.6 is 11.6 Å². The molecule has 0 spiro atoms. The van der Waals surface area contributed by atoms with Gasteiger partial charge in [-0.3, -0.25) is 14.6 Å². The third-order valence-corrected chi connectivity index (χ3v) is 4.17. The van der Waals surface area contributed by atoms with Crippen LogP contribution in [-0.2, 0) is 4.79 Å². The van der Waals surface area contributed by atoms with E-state index in [1.54, 1.807) is 18.2 Å². The van der Waals surface area contributed by atoms with E-state index in [1.807, 2.05) is 0 Å². The number of rotatable bonds is 7. The number of nitrogens with one attached hydrogen (secondary N) is 1. The van der Waals surface area contributed by atoms with Crippen molar-refractivity contribution in [3.63, 3.8) is 0 Å². The van der Waals surface area contributed by atoms with E-state index in [9.17, 15) is 14.4 Å². The summed E-state index contributed by atoms with van der Waals surface area (Å²) in [7, 11) is 0. The van der Waals surface area contributed by atoms with Crippen molar-refractivity contribution in [2.75, 3.05) is 6.61 Å². The Hall–Kier alpha value is -2.87. The lowest BCUT2D eigenvalue weighted by Crippen LogP contribution is -2.24. The molecule has 26 heavy (non-hydrogen) atoms. The number of H-pyrrole nitrogens is 1. The normalized spacial score (nSPS) is 11.1. The first-order valence-electron chi connectivity index (χ1n) is 8.03. The van der Waals surface area contributed by atoms with E-state index in [4.69, 9.17) is 26.5 Å². The van der Waals surface area contributed by atoms with E-state index >= 15 is 0 Å². The number of aromatic nitrogens is 2. The number of hydrogen-bond donors (Lipinski definition) is 2. The molecule has 8 nitrogen and oxygen atoms in total. The van der Waals surface area contributed by atoms with Gasteiger partial charge < -0.3 is 14.9 Å². The van der Waals surface area contributed by atoms with Crippen molar-refractivity contribution in [2.45, 2.75) is 25.7 Å². The van der Waals surface area contributed by atoms with Crippen LogP contribution in [0.3, 0.4) is 0 Å². The first-order valence-corrected chi connectivity index (χ1v) is 8.41. The van der Waals surface area contributed by atoms with Crippen LogP contribution < -0.4 is 21.7 Å². The number of hydrogen-bond acceptors (Lipinski definition) is 6. The second kappa shape index (κ2) is 7.57. The molecular weight excluding hydrogens is 362 g/mol. The standard InChI is InChI=1S/C17H16ClN3O5/c18-13-11(25-7-3-1-2-4-12(19)22)6-5-9-8-10-15(23)20-17(24)21-16(10)26-14(9)13/h5-6,8H,1-4,7H2,(H2,19,22)(H,20,23,24). The van der Waals surface area contributed by atoms with Crippen molar-refractivity contribution in [3.05, 3.63) is 44.1 Å². The minimum atomic E-state index is -0.787. The summed E-state index contributed by atoms with van der Waals surface area (Å²) in [6, 6.07) is 4.94. The largest absolute Gasteiger partial charge is 0.492 e. The maximum Gasteiger partial charge on any atom is 0.351 e. The Morgan fingerprint density at radius 3 is 2.85 bits per heavy atom. The van der Waals surface area contributed by atoms with Gasteiger partial charge in [0.1, 0.15) is 16.3 Å². The zero-order chi connectivity index (χ0) is 18.7. The van der Waals surface area contributed by atoms with Gasteiger partial charge in [0.25, 0.3) is 5.56 Å². The predicted molar refractivity (Wildman–Crippen MR) is 95.7 cm³/mol. The molecule has 2 heterocycles. The minimum Gasteiger partial charge on any atom is -0.492 e. The third kappa shape index (κ3) is 3.85. The lowest BCUT2D eigenvalue weighted by Gasteiger charge is -2.11. The molecule has 0 saturated heterocycles. The summed E-state index contributed by atoms with van der Waals surface area (Å²) in [4.78, 5) is 39.6. The van der Waals surface area contributed by atoms with Crippen LogP contribution in [0.25, 0.3) is 22.4 Å². The zero-order valence-electron chi connectivity index (χ0n) is 13.7. The predicted octanol–water partition coefficient (Wildman–Crippen LogP) is 2.06. The highest BCUT2D eigenvalue weighted by molar-refractivity contribution is 6.36. The van der Waals surface area contributed by atoms with Gasteiger partial charge in [-0.1, -0.05) is 11.6 Å². The highest BCUT2D eigenvalue weighted by Crippen LogP contribution is 2.35. The van der Waals surface area contributed by atoms with Crippen LogP contribution in [0.5, 0.6) is 5.75 Å². The summed E-state index contributed by atoms with van der Waals surface area (Å²) in [6.45, 7) is 0.417. The van der Waals surface area contributed by atoms with Gasteiger partial charge in [-0.05, 0) is 37.5 Å². The molecule has 0 bridgehead atoms. The average molecular weight is 378 g/mol. The number of primary amides is 1. The lowest BCUT2D eigenvalue weighted by molar-refractivity contribution is -0.118. The number of unbranched alkanes of at least 4 members (excludes halogenated alkanes) is 2. The van der Waals surface area contributed by atoms with Crippen LogP contribution in [0.15, 0.2) is 32.2 Å². The van der Waals surface area contributed by atoms with Gasteiger partial charge in [0.05, 0.1) is 6.61 Å². The van der Waals surface area contributed by atoms with E-state index in [0.717, 1.165) is 12.8 Å². The molecule has 9 heteroatoms. The SMILES string of the molecule is NC(=O)CCCCCOc1ccc2cc3c(=O)[nH]c(=O)nc-3oc2c1Cl. The van der Waals surface area contributed by atoms with Crippen LogP contribution in [0, 0.1) is 0 Å². The Bertz CT molecular complexity index is 1040. The Morgan fingerprint density at radius 1 is 1.27 bits per heavy atom. The molecule has 2 aliphatic rings. The van der Waals surface area contributed by atoms with Gasteiger partial charge in [-0.25, -0.2) is 4.79 Å². The van der Waals surface area contributed by atoms with Crippen LogP contribution in [-0.4, -0.2) is 22.5 Å². The lowest BCUT2D eigenvalue weighted by atomic mass is 10.1. The number of amides is 1. The smallest absolute Gasteiger partial charge is 0.351 e. The van der Waals surface area contributed by atoms with Crippen LogP contribution in [0.2, 0.25) is 5.02 Å². The maximum absolute atomic E-state index is 11.8. The molecule has 1 amide bonds. The Labute approximate surface area is 152 Å². The molecule has 0 radical (unpaired) electrons. The van der Waals surface area contributed by atoms with E-state index in [0.29, 0.717) is 30.6 Å². The summed E-state index contributed by atoms with van der Waals surface area (Å²) in [5.74, 6) is 0.0205. The number of nitrogens with two attached hydrogens (primary N) is 1. The number of nitrogens with zero attached hydrogens (tertiary/aromatic N) is 1. The fraction of sp³-hybridized carbons (Fsp3) is 0.294. The summed E-state index contributed by atoms with van der Waals surface area (Å²) in [6.07, 6.45) is 2.62. The maximum atomic E-state index is 11.8. The molecule has 3 N–H and O–H groups in total. The number of fused-ring (bicyclic) bond motifs is 2. The van der Waals surface area contributed by atoms with Gasteiger partial charge in [0, 0.05) is 11.8 Å². The van der Waals surface area contributed by atoms with E-state index < -0.39 is 11.2 Å². The number of carbonyl (C=O) groups excluding carboxylic acids is 1. The summed E-state index contributed by atoms with van der Waals surface area (Å²) in [5, 5.41) is 0.818. The van der Waals surface area contributed by atoms with Crippen LogP contribution in [0.1, 0.15) is 25.7 Å². The fourth-order valence-corrected chi connectivity index (χ4v) is 2.81. The van der Waals surface area contributed by atoms with Gasteiger partial charge in [0.2, 0.25) is 11.8 Å². The topological polar surface area (TPSA) is 128 Å². The number of ether oxygens (including phenoxy) is 1. The molecule has 3 rings (SSSR count). The number of halogens is 1. The van der Waals surface area contributed by atoms with Crippen molar-refractivity contribution in [1.82, 2.24) is 9.97 Å². The highest BCUT2D eigenvalue weighted by atomic mass is 35.5. The molecule has 136 valence electrons. The Balaban J connectivity index is 1.81. The molecule has 0 unspecified atom stereocenters. The summed E-state index contributed by atoms with van der Waals surface area (Å²) >= 11 is 6.33. The molecule has 0 atom stereocenters. The van der Waals surface area contributed by atoms with Crippen LogP contribution in [0.4, 0.5) is 0 Å². The number of benzene rings is 1. The molecule has 0 aliphatic carbocycles. The second-order valence-corrected chi connectivity index (χ2v) is 6.14. The van der Waals surface area contributed by atoms with E-state index in [-0.39, 0.29) is 28.0 Å². The fourth-order valence-electron chi connectivity index (χ4n) is 2.54. The molecular formula is C17H16ClN3O5. The van der Waals surface area contributed by atoms with Crippen molar-refractivity contribution >= 4 is 28.5 Å². The monoisotopic (exact) mass is 377 g/mol.